The van der Waals surface area contributed by atoms with E-state index in [1.54, 1.807) is 16.8 Å². The summed E-state index contributed by atoms with van der Waals surface area (Å²) >= 11 is 1.18. The lowest BCUT2D eigenvalue weighted by atomic mass is 10.3. The molecule has 0 aliphatic heterocycles. The molecule has 0 amide bonds. The van der Waals surface area contributed by atoms with Gasteiger partial charge in [0.15, 0.2) is 0 Å². The molecule has 0 saturated carbocycles. The van der Waals surface area contributed by atoms with Crippen molar-refractivity contribution in [1.29, 1.82) is 0 Å². The van der Waals surface area contributed by atoms with Crippen molar-refractivity contribution in [3.8, 4) is 0 Å². The Bertz CT molecular complexity index is 229. The predicted octanol–water partition coefficient (Wildman–Crippen LogP) is 2.62. The molecule has 0 heterocycles. The third-order valence-corrected chi connectivity index (χ3v) is 4.01. The van der Waals surface area contributed by atoms with Gasteiger partial charge in [0, 0.05) is 13.6 Å². The number of rotatable bonds is 7. The summed E-state index contributed by atoms with van der Waals surface area (Å²) in [4.78, 5) is 0. The standard InChI is InChI=1S/C9H17NO2S2/c1-4-6-7-10(3)14(12)9(8-11)13-5-2/h5,8,11H,2,4,6-7H2,1,3H3/b9-8-. The highest BCUT2D eigenvalue weighted by Gasteiger charge is 2.12. The molecule has 0 rings (SSSR count). The third kappa shape index (κ3) is 4.83. The second kappa shape index (κ2) is 8.08. The van der Waals surface area contributed by atoms with Crippen molar-refractivity contribution in [2.45, 2.75) is 19.8 Å². The third-order valence-electron chi connectivity index (χ3n) is 1.59. The minimum Gasteiger partial charge on any atom is -0.514 e. The Kier molecular flexibility index (Phi) is 7.93. The van der Waals surface area contributed by atoms with Gasteiger partial charge in [0.25, 0.3) is 0 Å². The van der Waals surface area contributed by atoms with Gasteiger partial charge in [-0.15, -0.1) is 0 Å². The fourth-order valence-corrected chi connectivity index (χ4v) is 2.65. The Hall–Kier alpha value is -0.260. The highest BCUT2D eigenvalue weighted by Crippen LogP contribution is 2.21. The molecule has 0 aromatic heterocycles. The molecule has 0 saturated heterocycles. The molecule has 0 aromatic carbocycles. The van der Waals surface area contributed by atoms with E-state index in [2.05, 4.69) is 13.5 Å². The molecule has 1 atom stereocenters. The molecule has 0 aliphatic rings. The molecule has 3 nitrogen and oxygen atoms in total. The van der Waals surface area contributed by atoms with Crippen LogP contribution in [0.1, 0.15) is 19.8 Å². The van der Waals surface area contributed by atoms with E-state index in [4.69, 9.17) is 5.11 Å². The molecule has 0 bridgehead atoms. The zero-order valence-corrected chi connectivity index (χ0v) is 10.2. The van der Waals surface area contributed by atoms with Crippen LogP contribution in [0.15, 0.2) is 22.5 Å². The molecule has 1 unspecified atom stereocenters. The first kappa shape index (κ1) is 13.7. The summed E-state index contributed by atoms with van der Waals surface area (Å²) < 4.78 is 13.8. The second-order valence-electron chi connectivity index (χ2n) is 2.69. The van der Waals surface area contributed by atoms with E-state index < -0.39 is 11.0 Å². The molecule has 1 N–H and O–H groups in total. The van der Waals surface area contributed by atoms with E-state index >= 15 is 0 Å². The number of unbranched alkanes of at least 4 members (excludes halogenated alkanes) is 1. The van der Waals surface area contributed by atoms with E-state index in [9.17, 15) is 4.21 Å². The smallest absolute Gasteiger partial charge is 0.137 e. The van der Waals surface area contributed by atoms with Crippen LogP contribution in [0.5, 0.6) is 0 Å². The number of aliphatic hydroxyl groups is 1. The summed E-state index contributed by atoms with van der Waals surface area (Å²) in [7, 11) is 0.509. The first-order chi connectivity index (χ1) is 6.67. The van der Waals surface area contributed by atoms with Crippen LogP contribution in [-0.4, -0.2) is 27.2 Å². The van der Waals surface area contributed by atoms with Crippen molar-refractivity contribution in [1.82, 2.24) is 4.31 Å². The Morgan fingerprint density at radius 2 is 2.36 bits per heavy atom. The Balaban J connectivity index is 4.20. The topological polar surface area (TPSA) is 40.5 Å². The minimum atomic E-state index is -1.27. The average Bonchev–Trinajstić information content (AvgIpc) is 2.21. The van der Waals surface area contributed by atoms with Gasteiger partial charge in [-0.25, -0.2) is 8.51 Å². The number of aliphatic hydroxyl groups excluding tert-OH is 1. The zero-order valence-electron chi connectivity index (χ0n) is 8.60. The summed E-state index contributed by atoms with van der Waals surface area (Å²) in [6, 6.07) is 0. The van der Waals surface area contributed by atoms with Gasteiger partial charge in [-0.3, -0.25) is 0 Å². The van der Waals surface area contributed by atoms with E-state index in [1.165, 1.54) is 11.8 Å². The van der Waals surface area contributed by atoms with Gasteiger partial charge >= 0.3 is 0 Å². The molecule has 5 heteroatoms. The van der Waals surface area contributed by atoms with Gasteiger partial charge in [-0.2, -0.15) is 0 Å². The SMILES string of the molecule is C=CS/C(=C/O)S(=O)N(C)CCCC. The van der Waals surface area contributed by atoms with Crippen molar-refractivity contribution in [2.24, 2.45) is 0 Å². The van der Waals surface area contributed by atoms with Gasteiger partial charge in [0.05, 0.1) is 0 Å². The van der Waals surface area contributed by atoms with Gasteiger partial charge < -0.3 is 5.11 Å². The van der Waals surface area contributed by atoms with Crippen LogP contribution < -0.4 is 0 Å². The summed E-state index contributed by atoms with van der Waals surface area (Å²) in [6.45, 7) is 6.35. The van der Waals surface area contributed by atoms with Crippen LogP contribution in [0.3, 0.4) is 0 Å². The quantitative estimate of drug-likeness (QED) is 0.690. The average molecular weight is 235 g/mol. The van der Waals surface area contributed by atoms with Crippen molar-refractivity contribution in [2.75, 3.05) is 13.6 Å². The Morgan fingerprint density at radius 1 is 1.71 bits per heavy atom. The first-order valence-electron chi connectivity index (χ1n) is 4.42. The normalized spacial score (nSPS) is 14.4. The Morgan fingerprint density at radius 3 is 2.79 bits per heavy atom. The van der Waals surface area contributed by atoms with Crippen molar-refractivity contribution in [3.63, 3.8) is 0 Å². The number of thioether (sulfide) groups is 1. The van der Waals surface area contributed by atoms with E-state index in [0.717, 1.165) is 25.6 Å². The highest BCUT2D eigenvalue weighted by molar-refractivity contribution is 8.17. The monoisotopic (exact) mass is 235 g/mol. The summed E-state index contributed by atoms with van der Waals surface area (Å²) in [5, 5.41) is 10.4. The lowest BCUT2D eigenvalue weighted by Gasteiger charge is -2.15. The van der Waals surface area contributed by atoms with Gasteiger partial charge in [0.2, 0.25) is 0 Å². The Labute approximate surface area is 92.5 Å². The van der Waals surface area contributed by atoms with Crippen molar-refractivity contribution >= 4 is 22.7 Å². The predicted molar refractivity (Wildman–Crippen MR) is 64.2 cm³/mol. The maximum atomic E-state index is 11.7. The summed E-state index contributed by atoms with van der Waals surface area (Å²) in [6.07, 6.45) is 2.94. The van der Waals surface area contributed by atoms with Crippen molar-refractivity contribution in [3.05, 3.63) is 22.5 Å². The maximum Gasteiger partial charge on any atom is 0.137 e. The molecule has 82 valence electrons. The fourth-order valence-electron chi connectivity index (χ4n) is 0.816. The minimum absolute atomic E-state index is 0.415. The van der Waals surface area contributed by atoms with Crippen LogP contribution in [0.4, 0.5) is 0 Å². The fraction of sp³-hybridized carbons (Fsp3) is 0.556. The van der Waals surface area contributed by atoms with Crippen molar-refractivity contribution < 1.29 is 9.32 Å². The largest absolute Gasteiger partial charge is 0.514 e. The molecule has 0 aliphatic carbocycles. The van der Waals surface area contributed by atoms with Crippen LogP contribution in [0.25, 0.3) is 0 Å². The molecule has 14 heavy (non-hydrogen) atoms. The molecular weight excluding hydrogens is 218 g/mol. The summed E-state index contributed by atoms with van der Waals surface area (Å²) in [5.74, 6) is 0. The number of hydrogen-bond donors (Lipinski definition) is 1. The maximum absolute atomic E-state index is 11.7. The molecule has 0 spiro atoms. The van der Waals surface area contributed by atoms with Crippen LogP contribution in [0.2, 0.25) is 0 Å². The van der Waals surface area contributed by atoms with E-state index in [1.807, 2.05) is 0 Å². The van der Waals surface area contributed by atoms with Crippen LogP contribution in [-0.2, 0) is 11.0 Å². The zero-order chi connectivity index (χ0) is 11.0. The molecule has 0 fully saturated rings. The molecule has 0 aromatic rings. The first-order valence-corrected chi connectivity index (χ1v) is 6.41. The second-order valence-corrected chi connectivity index (χ2v) is 5.52. The van der Waals surface area contributed by atoms with Crippen LogP contribution in [0, 0.1) is 0 Å². The number of nitrogens with zero attached hydrogens (tertiary/aromatic N) is 1. The summed E-state index contributed by atoms with van der Waals surface area (Å²) in [5.41, 5.74) is 0. The van der Waals surface area contributed by atoms with Gasteiger partial charge in [-0.1, -0.05) is 31.7 Å². The lowest BCUT2D eigenvalue weighted by Crippen LogP contribution is -2.22. The van der Waals surface area contributed by atoms with Crippen LogP contribution >= 0.6 is 11.8 Å². The molecule has 0 radical (unpaired) electrons. The lowest BCUT2D eigenvalue weighted by molar-refractivity contribution is 0.471. The highest BCUT2D eigenvalue weighted by atomic mass is 32.2. The van der Waals surface area contributed by atoms with Gasteiger partial charge in [-0.05, 0) is 11.8 Å². The number of hydrogen-bond acceptors (Lipinski definition) is 3. The van der Waals surface area contributed by atoms with E-state index in [-0.39, 0.29) is 0 Å². The molecular formula is C9H17NO2S2. The van der Waals surface area contributed by atoms with E-state index in [0.29, 0.717) is 4.24 Å². The van der Waals surface area contributed by atoms with Gasteiger partial charge in [0.1, 0.15) is 21.5 Å².